The van der Waals surface area contributed by atoms with Crippen LogP contribution in [0.5, 0.6) is 0 Å². The molecule has 0 aliphatic rings. The fourth-order valence-electron chi connectivity index (χ4n) is 1.53. The summed E-state index contributed by atoms with van der Waals surface area (Å²) in [7, 11) is -3.77. The third-order valence-electron chi connectivity index (χ3n) is 2.44. The number of rotatable bonds is 7. The molecule has 8 heteroatoms. The first-order chi connectivity index (χ1) is 9.62. The van der Waals surface area contributed by atoms with E-state index in [-0.39, 0.29) is 10.9 Å². The zero-order chi connectivity index (χ0) is 14.4. The Balaban J connectivity index is 2.06. The summed E-state index contributed by atoms with van der Waals surface area (Å²) >= 11 is 0. The molecule has 2 heterocycles. The van der Waals surface area contributed by atoms with E-state index in [0.717, 1.165) is 13.0 Å². The van der Waals surface area contributed by atoms with E-state index in [1.165, 1.54) is 18.3 Å². The highest BCUT2D eigenvalue weighted by Crippen LogP contribution is 2.16. The Labute approximate surface area is 117 Å². The van der Waals surface area contributed by atoms with E-state index >= 15 is 0 Å². The predicted octanol–water partition coefficient (Wildman–Crippen LogP) is 1.37. The van der Waals surface area contributed by atoms with Gasteiger partial charge in [-0.15, -0.1) is 5.10 Å². The lowest BCUT2D eigenvalue weighted by Gasteiger charge is -2.03. The zero-order valence-electron chi connectivity index (χ0n) is 11.0. The lowest BCUT2D eigenvalue weighted by molar-refractivity contribution is 0.403. The second-order valence-electron chi connectivity index (χ2n) is 4.11. The molecule has 2 N–H and O–H groups in total. The van der Waals surface area contributed by atoms with Crippen LogP contribution in [0.2, 0.25) is 0 Å². The van der Waals surface area contributed by atoms with Crippen molar-refractivity contribution < 1.29 is 12.8 Å². The van der Waals surface area contributed by atoms with E-state index in [1.807, 2.05) is 0 Å². The van der Waals surface area contributed by atoms with Crippen LogP contribution in [0.3, 0.4) is 0 Å². The van der Waals surface area contributed by atoms with Crippen molar-refractivity contribution in [2.45, 2.75) is 25.0 Å². The van der Waals surface area contributed by atoms with Gasteiger partial charge in [0.1, 0.15) is 5.76 Å². The first-order valence-corrected chi connectivity index (χ1v) is 7.70. The molecule has 0 fully saturated rings. The van der Waals surface area contributed by atoms with Gasteiger partial charge in [0.15, 0.2) is 5.82 Å². The topological polar surface area (TPSA) is 97.1 Å². The zero-order valence-corrected chi connectivity index (χ0v) is 11.9. The average Bonchev–Trinajstić information content (AvgIpc) is 2.89. The number of nitrogens with one attached hydrogen (secondary N) is 2. The molecule has 0 aliphatic heterocycles. The van der Waals surface area contributed by atoms with Crippen molar-refractivity contribution >= 4 is 15.8 Å². The summed E-state index contributed by atoms with van der Waals surface area (Å²) in [5.41, 5.74) is 0. The quantitative estimate of drug-likeness (QED) is 0.749. The lowest BCUT2D eigenvalue weighted by atomic mass is 10.4. The van der Waals surface area contributed by atoms with Gasteiger partial charge in [0.05, 0.1) is 6.54 Å². The van der Waals surface area contributed by atoms with Gasteiger partial charge in [-0.25, -0.2) is 0 Å². The summed E-state index contributed by atoms with van der Waals surface area (Å²) in [6.45, 7) is 3.39. The van der Waals surface area contributed by atoms with Gasteiger partial charge < -0.3 is 9.73 Å². The standard InChI is InChI=1S/C12H16N4O3S/c1-2-7-13-9-10-5-6-12(19-10)20(17,18)16-11-4-3-8-14-15-11/h3-6,8,13H,2,7,9H2,1H3,(H,15,16). The second-order valence-corrected chi connectivity index (χ2v) is 5.73. The van der Waals surface area contributed by atoms with Crippen LogP contribution in [0.4, 0.5) is 5.82 Å². The maximum absolute atomic E-state index is 12.1. The Bertz CT molecular complexity index is 640. The Morgan fingerprint density at radius 3 is 2.85 bits per heavy atom. The lowest BCUT2D eigenvalue weighted by Crippen LogP contribution is -2.14. The Hall–Kier alpha value is -1.93. The molecule has 2 aromatic heterocycles. The van der Waals surface area contributed by atoms with Crippen LogP contribution in [-0.2, 0) is 16.6 Å². The third-order valence-corrected chi connectivity index (χ3v) is 3.67. The minimum atomic E-state index is -3.77. The molecule has 2 aromatic rings. The van der Waals surface area contributed by atoms with Crippen molar-refractivity contribution in [1.82, 2.24) is 15.5 Å². The molecule has 0 bridgehead atoms. The molecule has 0 amide bonds. The van der Waals surface area contributed by atoms with E-state index in [1.54, 1.807) is 12.1 Å². The molecular formula is C12H16N4O3S. The van der Waals surface area contributed by atoms with Gasteiger partial charge in [-0.05, 0) is 37.2 Å². The maximum atomic E-state index is 12.1. The molecule has 0 aliphatic carbocycles. The van der Waals surface area contributed by atoms with Crippen molar-refractivity contribution in [2.75, 3.05) is 11.3 Å². The summed E-state index contributed by atoms with van der Waals surface area (Å²) in [4.78, 5) is 0. The van der Waals surface area contributed by atoms with E-state index in [4.69, 9.17) is 4.42 Å². The molecule has 7 nitrogen and oxygen atoms in total. The molecule has 0 saturated carbocycles. The third kappa shape index (κ3) is 3.78. The van der Waals surface area contributed by atoms with Crippen LogP contribution in [-0.4, -0.2) is 25.2 Å². The first kappa shape index (κ1) is 14.5. The van der Waals surface area contributed by atoms with Gasteiger partial charge in [-0.2, -0.15) is 13.5 Å². The highest BCUT2D eigenvalue weighted by atomic mass is 32.2. The SMILES string of the molecule is CCCNCc1ccc(S(=O)(=O)Nc2cccnn2)o1. The monoisotopic (exact) mass is 296 g/mol. The van der Waals surface area contributed by atoms with E-state index in [0.29, 0.717) is 12.3 Å². The summed E-state index contributed by atoms with van der Waals surface area (Å²) < 4.78 is 31.7. The molecule has 0 aromatic carbocycles. The van der Waals surface area contributed by atoms with Crippen molar-refractivity contribution in [2.24, 2.45) is 0 Å². The summed E-state index contributed by atoms with van der Waals surface area (Å²) in [6.07, 6.45) is 2.46. The van der Waals surface area contributed by atoms with Gasteiger partial charge in [0.25, 0.3) is 10.0 Å². The molecule has 0 unspecified atom stereocenters. The van der Waals surface area contributed by atoms with Crippen molar-refractivity contribution in [3.8, 4) is 0 Å². The van der Waals surface area contributed by atoms with Gasteiger partial charge in [0.2, 0.25) is 5.09 Å². The largest absolute Gasteiger partial charge is 0.446 e. The van der Waals surface area contributed by atoms with Gasteiger partial charge in [-0.1, -0.05) is 6.92 Å². The summed E-state index contributed by atoms with van der Waals surface area (Å²) in [5.74, 6) is 0.715. The van der Waals surface area contributed by atoms with Crippen molar-refractivity contribution in [3.05, 3.63) is 36.2 Å². The van der Waals surface area contributed by atoms with Gasteiger partial charge in [-0.3, -0.25) is 4.72 Å². The fraction of sp³-hybridized carbons (Fsp3) is 0.333. The predicted molar refractivity (Wildman–Crippen MR) is 73.5 cm³/mol. The van der Waals surface area contributed by atoms with Gasteiger partial charge >= 0.3 is 0 Å². The molecule has 0 saturated heterocycles. The molecule has 20 heavy (non-hydrogen) atoms. The first-order valence-electron chi connectivity index (χ1n) is 6.22. The second kappa shape index (κ2) is 6.49. The molecule has 0 atom stereocenters. The van der Waals surface area contributed by atoms with Crippen LogP contribution >= 0.6 is 0 Å². The minimum Gasteiger partial charge on any atom is -0.446 e. The van der Waals surface area contributed by atoms with E-state index in [9.17, 15) is 8.42 Å². The summed E-state index contributed by atoms with van der Waals surface area (Å²) in [6, 6.07) is 6.15. The van der Waals surface area contributed by atoms with Crippen molar-refractivity contribution in [1.29, 1.82) is 0 Å². The number of furan rings is 1. The maximum Gasteiger partial charge on any atom is 0.296 e. The minimum absolute atomic E-state index is 0.142. The number of hydrogen-bond acceptors (Lipinski definition) is 6. The fourth-order valence-corrected chi connectivity index (χ4v) is 2.48. The van der Waals surface area contributed by atoms with Crippen LogP contribution in [0, 0.1) is 0 Å². The molecule has 108 valence electrons. The van der Waals surface area contributed by atoms with Crippen molar-refractivity contribution in [3.63, 3.8) is 0 Å². The normalized spacial score (nSPS) is 11.4. The van der Waals surface area contributed by atoms with E-state index < -0.39 is 10.0 Å². The Morgan fingerprint density at radius 2 is 2.15 bits per heavy atom. The Kier molecular flexibility index (Phi) is 4.70. The average molecular weight is 296 g/mol. The van der Waals surface area contributed by atoms with E-state index in [2.05, 4.69) is 27.2 Å². The molecule has 0 spiro atoms. The highest BCUT2D eigenvalue weighted by molar-refractivity contribution is 7.92. The molecular weight excluding hydrogens is 280 g/mol. The number of aromatic nitrogens is 2. The van der Waals surface area contributed by atoms with Crippen LogP contribution in [0.25, 0.3) is 0 Å². The number of hydrogen-bond donors (Lipinski definition) is 2. The molecule has 2 rings (SSSR count). The smallest absolute Gasteiger partial charge is 0.296 e. The summed E-state index contributed by atoms with van der Waals surface area (Å²) in [5, 5.41) is 10.3. The van der Waals surface area contributed by atoms with Gasteiger partial charge in [0, 0.05) is 6.20 Å². The van der Waals surface area contributed by atoms with Crippen LogP contribution in [0.15, 0.2) is 40.0 Å². The Morgan fingerprint density at radius 1 is 1.30 bits per heavy atom. The highest BCUT2D eigenvalue weighted by Gasteiger charge is 2.19. The number of sulfonamides is 1. The molecule has 0 radical (unpaired) electrons. The number of nitrogens with zero attached hydrogens (tertiary/aromatic N) is 2. The van der Waals surface area contributed by atoms with Crippen LogP contribution < -0.4 is 10.0 Å². The van der Waals surface area contributed by atoms with Crippen LogP contribution in [0.1, 0.15) is 19.1 Å². The number of anilines is 1.